The van der Waals surface area contributed by atoms with Crippen molar-refractivity contribution in [3.63, 3.8) is 0 Å². The minimum Gasteiger partial charge on any atom is -0.399 e. The number of nitrogens with zero attached hydrogens (tertiary/aromatic N) is 2. The summed E-state index contributed by atoms with van der Waals surface area (Å²) in [5.74, 6) is 0.470. The van der Waals surface area contributed by atoms with Crippen molar-refractivity contribution in [3.05, 3.63) is 34.7 Å². The maximum absolute atomic E-state index is 5.86. The lowest BCUT2D eigenvalue weighted by Gasteiger charge is -2.22. The Hall–Kier alpha value is -1.43. The number of nitrogens with two attached hydrogens (primary N) is 1. The number of benzene rings is 1. The Morgan fingerprint density at radius 3 is 3.14 bits per heavy atom. The predicted octanol–water partition coefficient (Wildman–Crippen LogP) is 2.79. The molecule has 1 aromatic heterocycles. The highest BCUT2D eigenvalue weighted by Crippen LogP contribution is 2.27. The molecule has 0 amide bonds. The lowest BCUT2D eigenvalue weighted by molar-refractivity contribution is 0.278. The summed E-state index contributed by atoms with van der Waals surface area (Å²) in [6.07, 6.45) is 1.24. The first kappa shape index (κ1) is 15.5. The second-order valence-corrected chi connectivity index (χ2v) is 6.89. The van der Waals surface area contributed by atoms with Crippen molar-refractivity contribution in [1.82, 2.24) is 15.2 Å². The van der Waals surface area contributed by atoms with E-state index in [-0.39, 0.29) is 0 Å². The molecule has 0 spiro atoms. The summed E-state index contributed by atoms with van der Waals surface area (Å²) in [6, 6.07) is 7.95. The topological polar surface area (TPSA) is 54.2 Å². The van der Waals surface area contributed by atoms with Crippen LogP contribution in [0.1, 0.15) is 24.3 Å². The van der Waals surface area contributed by atoms with Crippen LogP contribution < -0.4 is 11.1 Å². The van der Waals surface area contributed by atoms with E-state index < -0.39 is 0 Å². The van der Waals surface area contributed by atoms with E-state index in [9.17, 15) is 0 Å². The van der Waals surface area contributed by atoms with Gasteiger partial charge in [0, 0.05) is 42.2 Å². The highest BCUT2D eigenvalue weighted by atomic mass is 32.1. The van der Waals surface area contributed by atoms with Gasteiger partial charge < -0.3 is 16.0 Å². The van der Waals surface area contributed by atoms with Crippen molar-refractivity contribution in [1.29, 1.82) is 0 Å². The quantitative estimate of drug-likeness (QED) is 0.852. The molecule has 1 fully saturated rings. The fourth-order valence-electron chi connectivity index (χ4n) is 2.89. The highest BCUT2D eigenvalue weighted by molar-refractivity contribution is 7.10. The number of hydrogen-bond donors (Lipinski definition) is 2. The number of thiazole rings is 1. The van der Waals surface area contributed by atoms with E-state index in [1.807, 2.05) is 18.2 Å². The zero-order valence-corrected chi connectivity index (χ0v) is 13.9. The summed E-state index contributed by atoms with van der Waals surface area (Å²) in [5, 5.41) is 6.82. The molecule has 1 aliphatic heterocycles. The third-order valence-corrected chi connectivity index (χ3v) is 5.17. The molecule has 4 nitrogen and oxygen atoms in total. The Morgan fingerprint density at radius 1 is 1.36 bits per heavy atom. The average Bonchev–Trinajstić information content (AvgIpc) is 2.87. The van der Waals surface area contributed by atoms with E-state index in [4.69, 9.17) is 10.7 Å². The molecule has 0 saturated carbocycles. The molecular formula is C17H24N4S. The first-order valence-electron chi connectivity index (χ1n) is 7.97. The van der Waals surface area contributed by atoms with Crippen LogP contribution in [0.5, 0.6) is 0 Å². The minimum absolute atomic E-state index is 0.470. The smallest absolute Gasteiger partial charge is 0.0973 e. The van der Waals surface area contributed by atoms with Crippen LogP contribution in [-0.4, -0.2) is 42.6 Å². The van der Waals surface area contributed by atoms with Crippen LogP contribution in [0.2, 0.25) is 0 Å². The van der Waals surface area contributed by atoms with Crippen LogP contribution in [0.4, 0.5) is 5.69 Å². The zero-order chi connectivity index (χ0) is 15.4. The molecule has 3 rings (SSSR count). The van der Waals surface area contributed by atoms with Gasteiger partial charge in [0.2, 0.25) is 0 Å². The maximum Gasteiger partial charge on any atom is 0.0973 e. The molecule has 3 N–H and O–H groups in total. The lowest BCUT2D eigenvalue weighted by atomic mass is 10.1. The van der Waals surface area contributed by atoms with Gasteiger partial charge in [-0.05, 0) is 31.6 Å². The molecule has 1 aromatic carbocycles. The third-order valence-electron chi connectivity index (χ3n) is 4.09. The van der Waals surface area contributed by atoms with Crippen molar-refractivity contribution in [3.8, 4) is 11.3 Å². The van der Waals surface area contributed by atoms with E-state index in [1.54, 1.807) is 11.3 Å². The number of nitrogen functional groups attached to an aromatic ring is 1. The van der Waals surface area contributed by atoms with Gasteiger partial charge in [0.15, 0.2) is 0 Å². The van der Waals surface area contributed by atoms with Crippen molar-refractivity contribution in [2.75, 3.05) is 38.5 Å². The molecule has 0 bridgehead atoms. The van der Waals surface area contributed by atoms with Gasteiger partial charge in [-0.1, -0.05) is 19.1 Å². The summed E-state index contributed by atoms with van der Waals surface area (Å²) in [6.45, 7) is 7.93. The standard InChI is InChI=1S/C17H24N4S/c1-13(11-21-8-3-6-19-7-9-21)17-20-16(12-22-17)14-4-2-5-15(18)10-14/h2,4-5,10,12-13,19H,3,6-9,11,18H2,1H3. The summed E-state index contributed by atoms with van der Waals surface area (Å²) in [4.78, 5) is 7.38. The van der Waals surface area contributed by atoms with Crippen LogP contribution >= 0.6 is 11.3 Å². The summed E-state index contributed by atoms with van der Waals surface area (Å²) < 4.78 is 0. The predicted molar refractivity (Wildman–Crippen MR) is 94.3 cm³/mol. The zero-order valence-electron chi connectivity index (χ0n) is 13.1. The normalized spacial score (nSPS) is 18.0. The Kier molecular flexibility index (Phi) is 5.08. The fourth-order valence-corrected chi connectivity index (χ4v) is 3.77. The van der Waals surface area contributed by atoms with Crippen LogP contribution in [0.15, 0.2) is 29.6 Å². The van der Waals surface area contributed by atoms with Crippen molar-refractivity contribution in [2.24, 2.45) is 0 Å². The Balaban J connectivity index is 1.67. The van der Waals surface area contributed by atoms with E-state index in [2.05, 4.69) is 28.6 Å². The van der Waals surface area contributed by atoms with Crippen LogP contribution in [-0.2, 0) is 0 Å². The number of aromatic nitrogens is 1. The van der Waals surface area contributed by atoms with Gasteiger partial charge in [-0.25, -0.2) is 4.98 Å². The molecule has 0 radical (unpaired) electrons. The second-order valence-electron chi connectivity index (χ2n) is 6.00. The number of anilines is 1. The summed E-state index contributed by atoms with van der Waals surface area (Å²) in [5.41, 5.74) is 8.80. The van der Waals surface area contributed by atoms with E-state index in [1.165, 1.54) is 18.0 Å². The largest absolute Gasteiger partial charge is 0.399 e. The Morgan fingerprint density at radius 2 is 2.27 bits per heavy atom. The molecule has 1 aliphatic rings. The van der Waals surface area contributed by atoms with Crippen LogP contribution in [0, 0.1) is 0 Å². The molecule has 1 unspecified atom stereocenters. The summed E-state index contributed by atoms with van der Waals surface area (Å²) >= 11 is 1.76. The van der Waals surface area contributed by atoms with E-state index in [0.717, 1.165) is 43.1 Å². The van der Waals surface area contributed by atoms with Crippen molar-refractivity contribution in [2.45, 2.75) is 19.3 Å². The van der Waals surface area contributed by atoms with Gasteiger partial charge in [-0.2, -0.15) is 0 Å². The van der Waals surface area contributed by atoms with Gasteiger partial charge >= 0.3 is 0 Å². The minimum atomic E-state index is 0.470. The Labute approximate surface area is 136 Å². The monoisotopic (exact) mass is 316 g/mol. The third kappa shape index (κ3) is 3.85. The SMILES string of the molecule is CC(CN1CCCNCC1)c1nc(-c2cccc(N)c2)cs1. The van der Waals surface area contributed by atoms with Gasteiger partial charge in [0.25, 0.3) is 0 Å². The fraction of sp³-hybridized carbons (Fsp3) is 0.471. The number of nitrogens with one attached hydrogen (secondary N) is 1. The van der Waals surface area contributed by atoms with Gasteiger partial charge in [-0.15, -0.1) is 11.3 Å². The molecule has 2 aromatic rings. The molecule has 118 valence electrons. The Bertz CT molecular complexity index is 602. The van der Waals surface area contributed by atoms with Gasteiger partial charge in [0.05, 0.1) is 10.7 Å². The van der Waals surface area contributed by atoms with Crippen molar-refractivity contribution >= 4 is 17.0 Å². The lowest BCUT2D eigenvalue weighted by Crippen LogP contribution is -2.31. The molecule has 1 saturated heterocycles. The van der Waals surface area contributed by atoms with E-state index >= 15 is 0 Å². The first-order valence-corrected chi connectivity index (χ1v) is 8.85. The maximum atomic E-state index is 5.86. The van der Waals surface area contributed by atoms with Gasteiger partial charge in [-0.3, -0.25) is 0 Å². The van der Waals surface area contributed by atoms with Gasteiger partial charge in [0.1, 0.15) is 0 Å². The molecule has 5 heteroatoms. The second kappa shape index (κ2) is 7.22. The molecule has 1 atom stereocenters. The average molecular weight is 316 g/mol. The molecule has 2 heterocycles. The van der Waals surface area contributed by atoms with Crippen LogP contribution in [0.3, 0.4) is 0 Å². The molecular weight excluding hydrogens is 292 g/mol. The summed E-state index contributed by atoms with van der Waals surface area (Å²) in [7, 11) is 0. The molecule has 0 aliphatic carbocycles. The molecule has 22 heavy (non-hydrogen) atoms. The number of rotatable bonds is 4. The van der Waals surface area contributed by atoms with Crippen LogP contribution in [0.25, 0.3) is 11.3 Å². The number of hydrogen-bond acceptors (Lipinski definition) is 5. The highest BCUT2D eigenvalue weighted by Gasteiger charge is 2.16. The van der Waals surface area contributed by atoms with E-state index in [0.29, 0.717) is 5.92 Å². The van der Waals surface area contributed by atoms with Crippen molar-refractivity contribution < 1.29 is 0 Å². The first-order chi connectivity index (χ1) is 10.7.